The van der Waals surface area contributed by atoms with Gasteiger partial charge in [0.1, 0.15) is 6.34 Å². The Morgan fingerprint density at radius 3 is 2.50 bits per heavy atom. The molecule has 0 spiro atoms. The van der Waals surface area contributed by atoms with Gasteiger partial charge in [0, 0.05) is 11.9 Å². The van der Waals surface area contributed by atoms with Gasteiger partial charge in [-0.25, -0.2) is 9.98 Å². The van der Waals surface area contributed by atoms with Gasteiger partial charge in [-0.1, -0.05) is 20.4 Å². The fourth-order valence-corrected chi connectivity index (χ4v) is 0.321. The van der Waals surface area contributed by atoms with Crippen molar-refractivity contribution in [2.45, 2.75) is 20.8 Å². The van der Waals surface area contributed by atoms with Crippen molar-refractivity contribution in [2.24, 2.45) is 15.9 Å². The quantitative estimate of drug-likeness (QED) is 0.422. The van der Waals surface area contributed by atoms with Crippen molar-refractivity contribution in [1.29, 1.82) is 0 Å². The predicted octanol–water partition coefficient (Wildman–Crippen LogP) is 2.28. The lowest BCUT2D eigenvalue weighted by Crippen LogP contribution is -2.01. The molecule has 0 aliphatic rings. The molecule has 0 bridgehead atoms. The summed E-state index contributed by atoms with van der Waals surface area (Å²) in [5, 5.41) is 0. The van der Waals surface area contributed by atoms with Gasteiger partial charge >= 0.3 is 0 Å². The highest BCUT2D eigenvalue weighted by atomic mass is 14.8. The number of hydrogen-bond acceptors (Lipinski definition) is 1. The third kappa shape index (κ3) is 4.01. The molecular formula is C8H14N2. The second kappa shape index (κ2) is 4.91. The van der Waals surface area contributed by atoms with E-state index < -0.39 is 0 Å². The summed E-state index contributed by atoms with van der Waals surface area (Å²) in [6, 6.07) is 0. The van der Waals surface area contributed by atoms with Crippen LogP contribution in [0.25, 0.3) is 0 Å². The van der Waals surface area contributed by atoms with E-state index in [0.717, 1.165) is 5.71 Å². The first-order chi connectivity index (χ1) is 4.68. The largest absolute Gasteiger partial charge is 0.246 e. The lowest BCUT2D eigenvalue weighted by Gasteiger charge is -1.99. The predicted molar refractivity (Wildman–Crippen MR) is 46.6 cm³/mol. The van der Waals surface area contributed by atoms with Gasteiger partial charge in [0.25, 0.3) is 0 Å². The second-order valence-corrected chi connectivity index (χ2v) is 2.37. The molecule has 0 aromatic rings. The Morgan fingerprint density at radius 2 is 2.10 bits per heavy atom. The maximum absolute atomic E-state index is 4.07. The van der Waals surface area contributed by atoms with Crippen LogP contribution in [-0.2, 0) is 0 Å². The fourth-order valence-electron chi connectivity index (χ4n) is 0.321. The average molecular weight is 138 g/mol. The summed E-state index contributed by atoms with van der Waals surface area (Å²) in [7, 11) is 0. The van der Waals surface area contributed by atoms with Crippen LogP contribution in [0.1, 0.15) is 20.8 Å². The van der Waals surface area contributed by atoms with Crippen molar-refractivity contribution in [3.8, 4) is 0 Å². The van der Waals surface area contributed by atoms with E-state index in [9.17, 15) is 0 Å². The summed E-state index contributed by atoms with van der Waals surface area (Å²) >= 11 is 0. The van der Waals surface area contributed by atoms with Gasteiger partial charge in [-0.05, 0) is 12.8 Å². The number of nitrogens with zero attached hydrogens (tertiary/aromatic N) is 2. The van der Waals surface area contributed by atoms with Crippen LogP contribution >= 0.6 is 0 Å². The zero-order valence-electron chi connectivity index (χ0n) is 6.83. The third-order valence-corrected chi connectivity index (χ3v) is 1.27. The molecule has 2 heteroatoms. The highest BCUT2D eigenvalue weighted by Crippen LogP contribution is 1.94. The minimum atomic E-state index is 0.497. The van der Waals surface area contributed by atoms with Crippen LogP contribution in [-0.4, -0.2) is 12.1 Å². The van der Waals surface area contributed by atoms with Crippen molar-refractivity contribution in [3.63, 3.8) is 0 Å². The third-order valence-electron chi connectivity index (χ3n) is 1.27. The molecule has 0 rings (SSSR count). The summed E-state index contributed by atoms with van der Waals surface area (Å²) in [5.41, 5.74) is 1.09. The minimum absolute atomic E-state index is 0.497. The van der Waals surface area contributed by atoms with E-state index in [1.165, 1.54) is 12.5 Å². The normalized spacial score (nSPS) is 13.0. The molecule has 0 heterocycles. The second-order valence-electron chi connectivity index (χ2n) is 2.37. The first-order valence-electron chi connectivity index (χ1n) is 3.35. The lowest BCUT2D eigenvalue weighted by atomic mass is 10.1. The SMILES string of the molecule is C=CN=CN=C(C)C(C)C. The summed E-state index contributed by atoms with van der Waals surface area (Å²) in [4.78, 5) is 7.81. The maximum Gasteiger partial charge on any atom is 0.115 e. The molecule has 0 aromatic heterocycles. The average Bonchev–Trinajstić information content (AvgIpc) is 1.88. The van der Waals surface area contributed by atoms with Gasteiger partial charge in [0.05, 0.1) is 0 Å². The van der Waals surface area contributed by atoms with E-state index in [-0.39, 0.29) is 0 Å². The van der Waals surface area contributed by atoms with Crippen molar-refractivity contribution in [3.05, 3.63) is 12.8 Å². The summed E-state index contributed by atoms with van der Waals surface area (Å²) < 4.78 is 0. The van der Waals surface area contributed by atoms with Gasteiger partial charge in [0.2, 0.25) is 0 Å². The molecule has 2 nitrogen and oxygen atoms in total. The summed E-state index contributed by atoms with van der Waals surface area (Å²) in [6.45, 7) is 9.62. The van der Waals surface area contributed by atoms with Crippen LogP contribution in [0.4, 0.5) is 0 Å². The molecular weight excluding hydrogens is 124 g/mol. The topological polar surface area (TPSA) is 24.7 Å². The molecule has 0 N–H and O–H groups in total. The van der Waals surface area contributed by atoms with Crippen molar-refractivity contribution in [1.82, 2.24) is 0 Å². The van der Waals surface area contributed by atoms with E-state index in [0.29, 0.717) is 5.92 Å². The molecule has 0 unspecified atom stereocenters. The van der Waals surface area contributed by atoms with E-state index >= 15 is 0 Å². The molecule has 0 aromatic carbocycles. The molecule has 0 radical (unpaired) electrons. The Balaban J connectivity index is 3.91. The first-order valence-corrected chi connectivity index (χ1v) is 3.35. The number of rotatable bonds is 3. The van der Waals surface area contributed by atoms with Gasteiger partial charge < -0.3 is 0 Å². The molecule has 10 heavy (non-hydrogen) atoms. The van der Waals surface area contributed by atoms with E-state index in [1.807, 2.05) is 6.92 Å². The summed E-state index contributed by atoms with van der Waals surface area (Å²) in [5.74, 6) is 0.497. The number of aliphatic imine (C=N–C) groups is 2. The highest BCUT2D eigenvalue weighted by molar-refractivity contribution is 5.89. The van der Waals surface area contributed by atoms with E-state index in [2.05, 4.69) is 30.4 Å². The van der Waals surface area contributed by atoms with Gasteiger partial charge in [-0.2, -0.15) is 0 Å². The molecule has 0 amide bonds. The van der Waals surface area contributed by atoms with Crippen LogP contribution in [0.5, 0.6) is 0 Å². The fraction of sp³-hybridized carbons (Fsp3) is 0.500. The molecule has 0 aliphatic heterocycles. The Hall–Kier alpha value is -0.920. The van der Waals surface area contributed by atoms with Crippen LogP contribution in [0.15, 0.2) is 22.8 Å². The molecule has 56 valence electrons. The van der Waals surface area contributed by atoms with Crippen LogP contribution in [0, 0.1) is 5.92 Å². The van der Waals surface area contributed by atoms with Gasteiger partial charge in [0.15, 0.2) is 0 Å². The summed E-state index contributed by atoms with van der Waals surface area (Å²) in [6.07, 6.45) is 2.99. The molecule has 0 fully saturated rings. The Morgan fingerprint density at radius 1 is 1.50 bits per heavy atom. The maximum atomic E-state index is 4.07. The Bertz CT molecular complexity index is 155. The van der Waals surface area contributed by atoms with Gasteiger partial charge in [-0.15, -0.1) is 0 Å². The monoisotopic (exact) mass is 138 g/mol. The lowest BCUT2D eigenvalue weighted by molar-refractivity contribution is 0.881. The zero-order chi connectivity index (χ0) is 7.98. The van der Waals surface area contributed by atoms with E-state index in [1.54, 1.807) is 0 Å². The first kappa shape index (κ1) is 9.08. The van der Waals surface area contributed by atoms with Crippen LogP contribution in [0.3, 0.4) is 0 Å². The Kier molecular flexibility index (Phi) is 4.46. The molecule has 0 saturated heterocycles. The number of hydrogen-bond donors (Lipinski definition) is 0. The van der Waals surface area contributed by atoms with Crippen LogP contribution < -0.4 is 0 Å². The molecule has 0 atom stereocenters. The van der Waals surface area contributed by atoms with Crippen molar-refractivity contribution in [2.75, 3.05) is 0 Å². The minimum Gasteiger partial charge on any atom is -0.246 e. The molecule has 0 saturated carbocycles. The van der Waals surface area contributed by atoms with Crippen LogP contribution in [0.2, 0.25) is 0 Å². The van der Waals surface area contributed by atoms with Crippen molar-refractivity contribution < 1.29 is 0 Å². The highest BCUT2D eigenvalue weighted by Gasteiger charge is 1.93. The smallest absolute Gasteiger partial charge is 0.115 e. The Labute approximate surface area is 62.4 Å². The molecule has 0 aliphatic carbocycles. The van der Waals surface area contributed by atoms with Crippen molar-refractivity contribution >= 4 is 12.1 Å². The van der Waals surface area contributed by atoms with Gasteiger partial charge in [-0.3, -0.25) is 0 Å². The van der Waals surface area contributed by atoms with E-state index in [4.69, 9.17) is 0 Å². The standard InChI is InChI=1S/C8H14N2/c1-5-9-6-10-8(4)7(2)3/h5-7H,1H2,2-4H3. The zero-order valence-corrected chi connectivity index (χ0v) is 6.83.